The average molecular weight is 485 g/mol. The number of carbonyl (C=O) groups excluding carboxylic acids is 1. The Labute approximate surface area is 204 Å². The molecule has 1 aliphatic heterocycles. The molecule has 2 aromatic rings. The predicted octanol–water partition coefficient (Wildman–Crippen LogP) is 3.74. The van der Waals surface area contributed by atoms with Crippen molar-refractivity contribution in [1.82, 2.24) is 15.3 Å². The normalized spacial score (nSPS) is 18.8. The van der Waals surface area contributed by atoms with Crippen molar-refractivity contribution in [1.29, 1.82) is 0 Å². The van der Waals surface area contributed by atoms with Crippen LogP contribution < -0.4 is 15.5 Å². The number of anilines is 2. The molecule has 2 aliphatic rings. The molecule has 10 heteroatoms. The van der Waals surface area contributed by atoms with Gasteiger partial charge in [-0.3, -0.25) is 0 Å². The number of oxime groups is 1. The summed E-state index contributed by atoms with van der Waals surface area (Å²) >= 11 is 0. The number of amides is 2. The lowest BCUT2D eigenvalue weighted by molar-refractivity contribution is 0.0406. The molecule has 2 heterocycles. The number of piperidine rings is 1. The first-order valence-electron chi connectivity index (χ1n) is 12.2. The molecule has 1 saturated heterocycles. The summed E-state index contributed by atoms with van der Waals surface area (Å²) in [6.45, 7) is 3.65. The Hall–Kier alpha value is -3.27. The van der Waals surface area contributed by atoms with Crippen molar-refractivity contribution in [3.05, 3.63) is 47.5 Å². The van der Waals surface area contributed by atoms with Gasteiger partial charge >= 0.3 is 6.03 Å². The number of nitrogens with one attached hydrogen (secondary N) is 2. The molecule has 1 aromatic carbocycles. The molecule has 35 heavy (non-hydrogen) atoms. The van der Waals surface area contributed by atoms with Gasteiger partial charge in [0.25, 0.3) is 0 Å². The van der Waals surface area contributed by atoms with Crippen molar-refractivity contribution < 1.29 is 19.1 Å². The zero-order valence-corrected chi connectivity index (χ0v) is 20.0. The molecule has 9 nitrogen and oxygen atoms in total. The standard InChI is InChI=1S/C25H33FN6O3/c1-17-15-28-24(29-16-17)32-11-8-21(9-12-32)35-31-19-4-2-18(3-5-19)22-7-6-20(14-23(22)26)30-25(34)27-10-13-33/h6-7,14-16,18,21,33H,2-5,8-13H2,1H3,(H2,27,30,34). The van der Waals surface area contributed by atoms with E-state index in [1.165, 1.54) is 6.07 Å². The lowest BCUT2D eigenvalue weighted by Crippen LogP contribution is -2.37. The van der Waals surface area contributed by atoms with Gasteiger partial charge in [-0.05, 0) is 61.8 Å². The van der Waals surface area contributed by atoms with E-state index < -0.39 is 6.03 Å². The highest BCUT2D eigenvalue weighted by atomic mass is 19.1. The van der Waals surface area contributed by atoms with Crippen LogP contribution in [0.5, 0.6) is 0 Å². The molecular weight excluding hydrogens is 451 g/mol. The van der Waals surface area contributed by atoms with Gasteiger partial charge < -0.3 is 25.5 Å². The van der Waals surface area contributed by atoms with Crippen LogP contribution in [0.3, 0.4) is 0 Å². The molecule has 1 saturated carbocycles. The van der Waals surface area contributed by atoms with Crippen molar-refractivity contribution in [3.63, 3.8) is 0 Å². The van der Waals surface area contributed by atoms with Crippen LogP contribution in [-0.4, -0.2) is 59.2 Å². The fourth-order valence-electron chi connectivity index (χ4n) is 4.49. The van der Waals surface area contributed by atoms with Crippen LogP contribution >= 0.6 is 0 Å². The summed E-state index contributed by atoms with van der Waals surface area (Å²) in [4.78, 5) is 28.5. The first kappa shape index (κ1) is 24.8. The maximum absolute atomic E-state index is 14.7. The maximum Gasteiger partial charge on any atom is 0.319 e. The second kappa shape index (κ2) is 11.9. The van der Waals surface area contributed by atoms with E-state index in [2.05, 4.69) is 30.7 Å². The third-order valence-electron chi connectivity index (χ3n) is 6.48. The molecule has 1 aromatic heterocycles. The fourth-order valence-corrected chi connectivity index (χ4v) is 4.49. The van der Waals surface area contributed by atoms with E-state index in [4.69, 9.17) is 9.94 Å². The molecular formula is C25H33FN6O3. The molecule has 3 N–H and O–H groups in total. The number of rotatable bonds is 7. The molecule has 0 spiro atoms. The van der Waals surface area contributed by atoms with Crippen LogP contribution in [0.4, 0.5) is 20.8 Å². The van der Waals surface area contributed by atoms with Crippen LogP contribution in [0.2, 0.25) is 0 Å². The Kier molecular flexibility index (Phi) is 8.46. The van der Waals surface area contributed by atoms with Crippen molar-refractivity contribution in [2.75, 3.05) is 36.5 Å². The second-order valence-electron chi connectivity index (χ2n) is 9.12. The maximum atomic E-state index is 14.7. The second-order valence-corrected chi connectivity index (χ2v) is 9.12. The van der Waals surface area contributed by atoms with Gasteiger partial charge in [0.1, 0.15) is 11.9 Å². The fraction of sp³-hybridized carbons (Fsp3) is 0.520. The predicted molar refractivity (Wildman–Crippen MR) is 132 cm³/mol. The number of aliphatic hydroxyl groups is 1. The number of urea groups is 1. The topological polar surface area (TPSA) is 112 Å². The highest BCUT2D eigenvalue weighted by Crippen LogP contribution is 2.34. The number of halogens is 1. The monoisotopic (exact) mass is 484 g/mol. The van der Waals surface area contributed by atoms with E-state index >= 15 is 0 Å². The minimum Gasteiger partial charge on any atom is -0.395 e. The molecule has 0 radical (unpaired) electrons. The lowest BCUT2D eigenvalue weighted by Gasteiger charge is -2.31. The van der Waals surface area contributed by atoms with Crippen molar-refractivity contribution in [2.45, 2.75) is 57.5 Å². The van der Waals surface area contributed by atoms with Gasteiger partial charge in [0.2, 0.25) is 5.95 Å². The van der Waals surface area contributed by atoms with Crippen molar-refractivity contribution in [2.24, 2.45) is 5.16 Å². The van der Waals surface area contributed by atoms with E-state index in [-0.39, 0.29) is 31.0 Å². The molecule has 0 bridgehead atoms. The molecule has 0 unspecified atom stereocenters. The third-order valence-corrected chi connectivity index (χ3v) is 6.48. The summed E-state index contributed by atoms with van der Waals surface area (Å²) in [5, 5.41) is 18.2. The van der Waals surface area contributed by atoms with Gasteiger partial charge in [0, 0.05) is 50.6 Å². The first-order chi connectivity index (χ1) is 17.0. The van der Waals surface area contributed by atoms with Gasteiger partial charge in [-0.1, -0.05) is 11.2 Å². The van der Waals surface area contributed by atoms with Gasteiger partial charge in [-0.15, -0.1) is 0 Å². The zero-order valence-electron chi connectivity index (χ0n) is 20.0. The van der Waals surface area contributed by atoms with Gasteiger partial charge in [0.15, 0.2) is 0 Å². The summed E-state index contributed by atoms with van der Waals surface area (Å²) in [6, 6.07) is 4.32. The van der Waals surface area contributed by atoms with Crippen LogP contribution in [0.15, 0.2) is 35.7 Å². The lowest BCUT2D eigenvalue weighted by atomic mass is 9.83. The molecule has 2 amide bonds. The van der Waals surface area contributed by atoms with Crippen LogP contribution in [0.1, 0.15) is 55.6 Å². The number of aliphatic hydroxyl groups excluding tert-OH is 1. The highest BCUT2D eigenvalue weighted by molar-refractivity contribution is 5.89. The van der Waals surface area contributed by atoms with Crippen LogP contribution in [-0.2, 0) is 4.84 Å². The van der Waals surface area contributed by atoms with E-state index in [1.807, 2.05) is 19.3 Å². The van der Waals surface area contributed by atoms with E-state index in [0.717, 1.165) is 68.8 Å². The Morgan fingerprint density at radius 1 is 1.20 bits per heavy atom. The SMILES string of the molecule is Cc1cnc(N2CCC(ON=C3CCC(c4ccc(NC(=O)NCCO)cc4F)CC3)CC2)nc1. The Bertz CT molecular complexity index is 1010. The molecule has 2 fully saturated rings. The number of nitrogens with zero attached hydrogens (tertiary/aromatic N) is 4. The van der Waals surface area contributed by atoms with Gasteiger partial charge in [0.05, 0.1) is 12.3 Å². The highest BCUT2D eigenvalue weighted by Gasteiger charge is 2.25. The smallest absolute Gasteiger partial charge is 0.319 e. The molecule has 1 aliphatic carbocycles. The number of carbonyl (C=O) groups is 1. The Morgan fingerprint density at radius 3 is 2.57 bits per heavy atom. The number of aryl methyl sites for hydroxylation is 1. The van der Waals surface area contributed by atoms with E-state index in [0.29, 0.717) is 11.3 Å². The minimum atomic E-state index is -0.473. The van der Waals surface area contributed by atoms with Crippen LogP contribution in [0, 0.1) is 12.7 Å². The molecule has 4 rings (SSSR count). The summed E-state index contributed by atoms with van der Waals surface area (Å²) in [7, 11) is 0. The Morgan fingerprint density at radius 2 is 1.91 bits per heavy atom. The molecule has 0 atom stereocenters. The third kappa shape index (κ3) is 6.88. The summed E-state index contributed by atoms with van der Waals surface area (Å²) < 4.78 is 14.7. The molecule has 188 valence electrons. The zero-order chi connectivity index (χ0) is 24.6. The first-order valence-corrected chi connectivity index (χ1v) is 12.2. The number of hydrogen-bond donors (Lipinski definition) is 3. The largest absolute Gasteiger partial charge is 0.395 e. The van der Waals surface area contributed by atoms with Crippen LogP contribution in [0.25, 0.3) is 0 Å². The Balaban J connectivity index is 1.22. The summed E-state index contributed by atoms with van der Waals surface area (Å²) in [5.41, 5.74) is 3.13. The average Bonchev–Trinajstić information content (AvgIpc) is 2.88. The van der Waals surface area contributed by atoms with E-state index in [9.17, 15) is 9.18 Å². The number of benzene rings is 1. The minimum absolute atomic E-state index is 0.0917. The number of aromatic nitrogens is 2. The summed E-state index contributed by atoms with van der Waals surface area (Å²) in [5.74, 6) is 0.555. The van der Waals surface area contributed by atoms with Gasteiger partial charge in [-0.2, -0.15) is 0 Å². The van der Waals surface area contributed by atoms with Crippen molar-refractivity contribution >= 4 is 23.4 Å². The van der Waals surface area contributed by atoms with Gasteiger partial charge in [-0.25, -0.2) is 19.2 Å². The van der Waals surface area contributed by atoms with Crippen molar-refractivity contribution in [3.8, 4) is 0 Å². The number of hydrogen-bond acceptors (Lipinski definition) is 7. The van der Waals surface area contributed by atoms with E-state index in [1.54, 1.807) is 12.1 Å². The quantitative estimate of drug-likeness (QED) is 0.516. The summed E-state index contributed by atoms with van der Waals surface area (Å²) in [6.07, 6.45) is 8.70.